The van der Waals surface area contributed by atoms with Crippen molar-refractivity contribution in [2.24, 2.45) is 0 Å². The lowest BCUT2D eigenvalue weighted by molar-refractivity contribution is -0.170. The first-order valence-corrected chi connectivity index (χ1v) is 7.30. The van der Waals surface area contributed by atoms with Crippen LogP contribution in [0.1, 0.15) is 23.2 Å². The quantitative estimate of drug-likeness (QED) is 0.421. The lowest BCUT2D eigenvalue weighted by atomic mass is 9.96. The number of phenolic OH excluding ortho intramolecular Hbond substituents is 1. The molecule has 2 aromatic rings. The molecule has 0 radical (unpaired) electrons. The maximum Gasteiger partial charge on any atom is 0.336 e. The molecule has 2 rings (SSSR count). The average Bonchev–Trinajstić information content (AvgIpc) is 2.52. The highest BCUT2D eigenvalue weighted by Crippen LogP contribution is 2.21. The highest BCUT2D eigenvalue weighted by molar-refractivity contribution is 5.94. The summed E-state index contributed by atoms with van der Waals surface area (Å²) in [5.41, 5.74) is -2.51. The molecule has 0 unspecified atom stereocenters. The highest BCUT2D eigenvalue weighted by atomic mass is 16.4. The van der Waals surface area contributed by atoms with E-state index in [1.165, 1.54) is 6.07 Å². The van der Waals surface area contributed by atoms with Gasteiger partial charge in [0.2, 0.25) is 0 Å². The average molecular weight is 380 g/mol. The van der Waals surface area contributed by atoms with Crippen molar-refractivity contribution >= 4 is 34.6 Å². The minimum Gasteiger partial charge on any atom is -0.508 e. The topological polar surface area (TPSA) is 190 Å². The number of carboxylic acid groups (broad SMARTS) is 4. The zero-order valence-corrected chi connectivity index (χ0v) is 13.7. The summed E-state index contributed by atoms with van der Waals surface area (Å²) in [7, 11) is 0. The smallest absolute Gasteiger partial charge is 0.336 e. The summed E-state index contributed by atoms with van der Waals surface area (Å²) in [5, 5.41) is 53.4. The van der Waals surface area contributed by atoms with E-state index in [1.54, 1.807) is 30.3 Å². The Morgan fingerprint density at radius 3 is 1.74 bits per heavy atom. The molecule has 144 valence electrons. The van der Waals surface area contributed by atoms with Crippen LogP contribution in [0.4, 0.5) is 0 Å². The minimum absolute atomic E-state index is 0.139. The third-order valence-corrected chi connectivity index (χ3v) is 3.36. The van der Waals surface area contributed by atoms with Crippen LogP contribution >= 0.6 is 0 Å². The summed E-state index contributed by atoms with van der Waals surface area (Å²) in [6.45, 7) is 0. The number of carbonyl (C=O) groups is 4. The van der Waals surface area contributed by atoms with Crippen LogP contribution in [-0.2, 0) is 14.4 Å². The Hall–Kier alpha value is -3.66. The van der Waals surface area contributed by atoms with Crippen molar-refractivity contribution in [3.63, 3.8) is 0 Å². The van der Waals surface area contributed by atoms with Gasteiger partial charge in [-0.3, -0.25) is 9.59 Å². The van der Waals surface area contributed by atoms with Gasteiger partial charge in [0.05, 0.1) is 18.4 Å². The van der Waals surface area contributed by atoms with E-state index in [0.717, 1.165) is 10.8 Å². The summed E-state index contributed by atoms with van der Waals surface area (Å²) < 4.78 is 0. The van der Waals surface area contributed by atoms with Gasteiger partial charge in [-0.05, 0) is 35.0 Å². The van der Waals surface area contributed by atoms with E-state index >= 15 is 0 Å². The van der Waals surface area contributed by atoms with Crippen molar-refractivity contribution in [1.29, 1.82) is 0 Å². The van der Waals surface area contributed by atoms with Crippen molar-refractivity contribution in [3.05, 3.63) is 42.0 Å². The first-order valence-electron chi connectivity index (χ1n) is 7.30. The van der Waals surface area contributed by atoms with Crippen molar-refractivity contribution in [3.8, 4) is 5.75 Å². The monoisotopic (exact) mass is 380 g/mol. The number of aliphatic hydroxyl groups is 1. The van der Waals surface area contributed by atoms with Crippen LogP contribution in [0.15, 0.2) is 36.4 Å². The van der Waals surface area contributed by atoms with E-state index in [-0.39, 0.29) is 11.3 Å². The van der Waals surface area contributed by atoms with Crippen molar-refractivity contribution in [2.45, 2.75) is 18.4 Å². The fourth-order valence-corrected chi connectivity index (χ4v) is 2.08. The summed E-state index contributed by atoms with van der Waals surface area (Å²) in [6.07, 6.45) is -2.29. The summed E-state index contributed by atoms with van der Waals surface area (Å²) in [6, 6.07) is 9.66. The number of fused-ring (bicyclic) bond motifs is 1. The molecule has 0 fully saturated rings. The van der Waals surface area contributed by atoms with Gasteiger partial charge < -0.3 is 30.6 Å². The second-order valence-electron chi connectivity index (χ2n) is 5.53. The largest absolute Gasteiger partial charge is 0.508 e. The molecule has 0 heterocycles. The SMILES string of the molecule is O=C(O)CC(O)(CC(=O)O)C(=O)O.O=C(O)c1ccc2ccc(O)cc2c1. The summed E-state index contributed by atoms with van der Waals surface area (Å²) in [5.74, 6) is -5.84. The standard InChI is InChI=1S/C11H8O3.C6H8O7/c12-10-4-3-7-1-2-8(11(13)14)5-9(7)6-10;7-3(8)1-6(13,5(11)12)2-4(9)10/h1-6,12H,(H,13,14);13H,1-2H2,(H,7,8)(H,9,10)(H,11,12). The lowest BCUT2D eigenvalue weighted by Crippen LogP contribution is -2.42. The van der Waals surface area contributed by atoms with Crippen LogP contribution in [0.2, 0.25) is 0 Å². The maximum atomic E-state index is 10.7. The number of phenols is 1. The number of aromatic hydroxyl groups is 1. The summed E-state index contributed by atoms with van der Waals surface area (Å²) in [4.78, 5) is 41.2. The molecule has 6 N–H and O–H groups in total. The Morgan fingerprint density at radius 2 is 1.30 bits per heavy atom. The van der Waals surface area contributed by atoms with Crippen LogP contribution in [0, 0.1) is 0 Å². The van der Waals surface area contributed by atoms with Gasteiger partial charge in [0.25, 0.3) is 0 Å². The Labute approximate surface area is 151 Å². The molecule has 0 aromatic heterocycles. The molecule has 0 saturated heterocycles. The normalized spacial score (nSPS) is 10.6. The molecule has 0 aliphatic rings. The molecule has 27 heavy (non-hydrogen) atoms. The number of rotatable bonds is 6. The minimum atomic E-state index is -2.74. The number of hydrogen-bond acceptors (Lipinski definition) is 6. The Bertz CT molecular complexity index is 870. The van der Waals surface area contributed by atoms with Crippen LogP contribution in [0.5, 0.6) is 5.75 Å². The second kappa shape index (κ2) is 8.63. The molecule has 0 aliphatic heterocycles. The van der Waals surface area contributed by atoms with E-state index in [0.29, 0.717) is 0 Å². The van der Waals surface area contributed by atoms with E-state index in [9.17, 15) is 24.3 Å². The van der Waals surface area contributed by atoms with Crippen molar-refractivity contribution in [1.82, 2.24) is 0 Å². The van der Waals surface area contributed by atoms with E-state index in [4.69, 9.17) is 25.5 Å². The van der Waals surface area contributed by atoms with Gasteiger partial charge in [-0.25, -0.2) is 9.59 Å². The molecule has 0 saturated carbocycles. The Balaban J connectivity index is 0.000000271. The third kappa shape index (κ3) is 6.29. The molecular formula is C17H16O10. The van der Waals surface area contributed by atoms with Gasteiger partial charge >= 0.3 is 23.9 Å². The molecule has 0 atom stereocenters. The van der Waals surface area contributed by atoms with Crippen LogP contribution in [0.3, 0.4) is 0 Å². The molecule has 0 aliphatic carbocycles. The van der Waals surface area contributed by atoms with Crippen LogP contribution in [-0.4, -0.2) is 60.1 Å². The second-order valence-corrected chi connectivity index (χ2v) is 5.53. The van der Waals surface area contributed by atoms with Gasteiger partial charge in [-0.15, -0.1) is 0 Å². The number of hydrogen-bond donors (Lipinski definition) is 6. The highest BCUT2D eigenvalue weighted by Gasteiger charge is 2.40. The van der Waals surface area contributed by atoms with Crippen LogP contribution in [0.25, 0.3) is 10.8 Å². The molecule has 10 nitrogen and oxygen atoms in total. The van der Waals surface area contributed by atoms with Crippen molar-refractivity contribution in [2.75, 3.05) is 0 Å². The van der Waals surface area contributed by atoms with Gasteiger partial charge in [-0.1, -0.05) is 12.1 Å². The van der Waals surface area contributed by atoms with Gasteiger partial charge in [0.15, 0.2) is 5.60 Å². The zero-order valence-electron chi connectivity index (χ0n) is 13.7. The fraction of sp³-hybridized carbons (Fsp3) is 0.176. The number of aromatic carboxylic acids is 1. The number of benzene rings is 2. The number of carboxylic acids is 4. The molecule has 0 spiro atoms. The van der Waals surface area contributed by atoms with Crippen molar-refractivity contribution < 1.29 is 49.8 Å². The van der Waals surface area contributed by atoms with Crippen LogP contribution < -0.4 is 0 Å². The Kier molecular flexibility index (Phi) is 6.83. The lowest BCUT2D eigenvalue weighted by Gasteiger charge is -2.18. The van der Waals surface area contributed by atoms with E-state index in [1.807, 2.05) is 0 Å². The maximum absolute atomic E-state index is 10.7. The van der Waals surface area contributed by atoms with E-state index in [2.05, 4.69) is 0 Å². The predicted molar refractivity (Wildman–Crippen MR) is 89.7 cm³/mol. The first kappa shape index (κ1) is 21.4. The first-order chi connectivity index (χ1) is 12.4. The molecule has 0 bridgehead atoms. The fourth-order valence-electron chi connectivity index (χ4n) is 2.08. The third-order valence-electron chi connectivity index (χ3n) is 3.36. The molecule has 0 amide bonds. The van der Waals surface area contributed by atoms with Gasteiger partial charge in [-0.2, -0.15) is 0 Å². The molecule has 10 heteroatoms. The van der Waals surface area contributed by atoms with Gasteiger partial charge in [0, 0.05) is 0 Å². The molecular weight excluding hydrogens is 364 g/mol. The van der Waals surface area contributed by atoms with E-state index < -0.39 is 42.3 Å². The molecule has 2 aromatic carbocycles. The Morgan fingerprint density at radius 1 is 0.778 bits per heavy atom. The number of aliphatic carboxylic acids is 3. The zero-order chi connectivity index (χ0) is 20.8. The van der Waals surface area contributed by atoms with Gasteiger partial charge in [0.1, 0.15) is 5.75 Å². The predicted octanol–water partition coefficient (Wildman–Crippen LogP) is 0.995. The summed E-state index contributed by atoms with van der Waals surface area (Å²) >= 11 is 0.